The SMILES string of the molecule is Cn1c(-c2ccccc2Cl)nc2c1CN(Cc1nc3ncccc3o1)CC2. The van der Waals surface area contributed by atoms with Gasteiger partial charge in [0.2, 0.25) is 5.89 Å². The predicted octanol–water partition coefficient (Wildman–Crippen LogP) is 3.84. The minimum Gasteiger partial charge on any atom is -0.438 e. The molecule has 27 heavy (non-hydrogen) atoms. The van der Waals surface area contributed by atoms with Gasteiger partial charge in [-0.1, -0.05) is 23.7 Å². The first-order valence-electron chi connectivity index (χ1n) is 8.91. The van der Waals surface area contributed by atoms with E-state index in [1.165, 1.54) is 5.69 Å². The van der Waals surface area contributed by atoms with E-state index in [-0.39, 0.29) is 0 Å². The Morgan fingerprint density at radius 1 is 1.15 bits per heavy atom. The Morgan fingerprint density at radius 3 is 2.89 bits per heavy atom. The van der Waals surface area contributed by atoms with Crippen molar-refractivity contribution in [2.45, 2.75) is 19.5 Å². The van der Waals surface area contributed by atoms with Gasteiger partial charge in [-0.3, -0.25) is 4.90 Å². The number of pyridine rings is 1. The molecular formula is C20H18ClN5O. The Bertz CT molecular complexity index is 1100. The van der Waals surface area contributed by atoms with Gasteiger partial charge in [-0.05, 0) is 24.3 Å². The Labute approximate surface area is 161 Å². The molecule has 5 rings (SSSR count). The molecule has 0 radical (unpaired) electrons. The molecule has 0 fully saturated rings. The molecule has 6 nitrogen and oxygen atoms in total. The van der Waals surface area contributed by atoms with Gasteiger partial charge in [-0.15, -0.1) is 0 Å². The highest BCUT2D eigenvalue weighted by Crippen LogP contribution is 2.30. The van der Waals surface area contributed by atoms with E-state index >= 15 is 0 Å². The zero-order valence-electron chi connectivity index (χ0n) is 14.9. The number of halogens is 1. The molecule has 0 unspecified atom stereocenters. The lowest BCUT2D eigenvalue weighted by Crippen LogP contribution is -2.31. The van der Waals surface area contributed by atoms with Crippen molar-refractivity contribution in [3.63, 3.8) is 0 Å². The molecule has 7 heteroatoms. The number of imidazole rings is 1. The molecule has 4 aromatic rings. The number of hydrogen-bond acceptors (Lipinski definition) is 5. The van der Waals surface area contributed by atoms with Crippen LogP contribution in [0.3, 0.4) is 0 Å². The van der Waals surface area contributed by atoms with E-state index in [0.29, 0.717) is 18.1 Å². The van der Waals surface area contributed by atoms with Crippen LogP contribution in [0.2, 0.25) is 5.02 Å². The van der Waals surface area contributed by atoms with Gasteiger partial charge in [-0.2, -0.15) is 4.98 Å². The molecule has 4 heterocycles. The first-order valence-corrected chi connectivity index (χ1v) is 9.29. The van der Waals surface area contributed by atoms with Gasteiger partial charge in [0.15, 0.2) is 11.2 Å². The maximum Gasteiger partial charge on any atom is 0.211 e. The van der Waals surface area contributed by atoms with Crippen LogP contribution in [0.1, 0.15) is 17.3 Å². The van der Waals surface area contributed by atoms with Crippen molar-refractivity contribution in [2.75, 3.05) is 6.54 Å². The van der Waals surface area contributed by atoms with E-state index in [1.54, 1.807) is 6.20 Å². The van der Waals surface area contributed by atoms with Crippen molar-refractivity contribution in [1.82, 2.24) is 24.4 Å². The van der Waals surface area contributed by atoms with Crippen LogP contribution in [0, 0.1) is 0 Å². The summed E-state index contributed by atoms with van der Waals surface area (Å²) in [5.74, 6) is 1.61. The molecule has 1 aromatic carbocycles. The molecule has 0 N–H and O–H groups in total. The topological polar surface area (TPSA) is 60.0 Å². The fourth-order valence-corrected chi connectivity index (χ4v) is 3.85. The highest BCUT2D eigenvalue weighted by Gasteiger charge is 2.25. The van der Waals surface area contributed by atoms with Gasteiger partial charge in [0.1, 0.15) is 5.82 Å². The maximum absolute atomic E-state index is 6.38. The third-order valence-electron chi connectivity index (χ3n) is 5.02. The average Bonchev–Trinajstić information content (AvgIpc) is 3.23. The number of oxazole rings is 1. The molecule has 0 aliphatic carbocycles. The number of fused-ring (bicyclic) bond motifs is 2. The maximum atomic E-state index is 6.38. The third-order valence-corrected chi connectivity index (χ3v) is 5.35. The molecule has 1 aliphatic rings. The molecule has 0 atom stereocenters. The second-order valence-electron chi connectivity index (χ2n) is 6.76. The van der Waals surface area contributed by atoms with Crippen molar-refractivity contribution in [1.29, 1.82) is 0 Å². The monoisotopic (exact) mass is 379 g/mol. The Balaban J connectivity index is 1.42. The largest absolute Gasteiger partial charge is 0.438 e. The number of benzene rings is 1. The third kappa shape index (κ3) is 2.91. The first kappa shape index (κ1) is 16.5. The Hall–Kier alpha value is -2.70. The van der Waals surface area contributed by atoms with Crippen LogP contribution in [0.15, 0.2) is 47.0 Å². The lowest BCUT2D eigenvalue weighted by atomic mass is 10.1. The predicted molar refractivity (Wildman–Crippen MR) is 103 cm³/mol. The van der Waals surface area contributed by atoms with Crippen LogP contribution in [-0.2, 0) is 26.6 Å². The van der Waals surface area contributed by atoms with Crippen LogP contribution in [0.4, 0.5) is 0 Å². The molecule has 136 valence electrons. The summed E-state index contributed by atoms with van der Waals surface area (Å²) in [6.45, 7) is 2.37. The van der Waals surface area contributed by atoms with Gasteiger partial charge >= 0.3 is 0 Å². The van der Waals surface area contributed by atoms with E-state index in [4.69, 9.17) is 21.0 Å². The Kier molecular flexibility index (Phi) is 3.95. The van der Waals surface area contributed by atoms with Crippen molar-refractivity contribution in [3.8, 4) is 11.4 Å². The number of aromatic nitrogens is 4. The van der Waals surface area contributed by atoms with E-state index in [9.17, 15) is 0 Å². The summed E-state index contributed by atoms with van der Waals surface area (Å²) >= 11 is 6.38. The van der Waals surface area contributed by atoms with E-state index in [2.05, 4.69) is 26.5 Å². The standard InChI is InChI=1S/C20H18ClN5O/c1-25-16-11-26(12-18-24-19-17(27-18)7-4-9-22-19)10-8-15(16)23-20(25)13-5-2-3-6-14(13)21/h2-7,9H,8,10-12H2,1H3. The van der Waals surface area contributed by atoms with Gasteiger partial charge in [0, 0.05) is 38.3 Å². The minimum absolute atomic E-state index is 0.655. The summed E-state index contributed by atoms with van der Waals surface area (Å²) in [6, 6.07) is 11.6. The van der Waals surface area contributed by atoms with Crippen LogP contribution >= 0.6 is 11.6 Å². The summed E-state index contributed by atoms with van der Waals surface area (Å²) in [4.78, 5) is 15.9. The minimum atomic E-state index is 0.655. The lowest BCUT2D eigenvalue weighted by Gasteiger charge is -2.25. The van der Waals surface area contributed by atoms with Crippen LogP contribution in [-0.4, -0.2) is 31.0 Å². The molecule has 0 amide bonds. The molecule has 0 saturated carbocycles. The molecule has 0 bridgehead atoms. The van der Waals surface area contributed by atoms with Crippen LogP contribution in [0.25, 0.3) is 22.6 Å². The fourth-order valence-electron chi connectivity index (χ4n) is 3.63. The summed E-state index contributed by atoms with van der Waals surface area (Å²) in [5.41, 5.74) is 4.71. The zero-order valence-corrected chi connectivity index (χ0v) is 15.6. The highest BCUT2D eigenvalue weighted by molar-refractivity contribution is 6.33. The summed E-state index contributed by atoms with van der Waals surface area (Å²) in [5, 5.41) is 0.721. The van der Waals surface area contributed by atoms with Crippen molar-refractivity contribution in [3.05, 3.63) is 64.9 Å². The molecular weight excluding hydrogens is 362 g/mol. The van der Waals surface area contributed by atoms with Crippen LogP contribution < -0.4 is 0 Å². The zero-order chi connectivity index (χ0) is 18.4. The highest BCUT2D eigenvalue weighted by atomic mass is 35.5. The lowest BCUT2D eigenvalue weighted by molar-refractivity contribution is 0.217. The summed E-state index contributed by atoms with van der Waals surface area (Å²) in [6.07, 6.45) is 2.62. The summed E-state index contributed by atoms with van der Waals surface area (Å²) in [7, 11) is 2.05. The summed E-state index contributed by atoms with van der Waals surface area (Å²) < 4.78 is 7.97. The second-order valence-corrected chi connectivity index (χ2v) is 7.17. The van der Waals surface area contributed by atoms with E-state index < -0.39 is 0 Å². The van der Waals surface area contributed by atoms with Crippen LogP contribution in [0.5, 0.6) is 0 Å². The fraction of sp³-hybridized carbons (Fsp3) is 0.250. The molecule has 3 aromatic heterocycles. The van der Waals surface area contributed by atoms with Crippen molar-refractivity contribution >= 4 is 22.8 Å². The smallest absolute Gasteiger partial charge is 0.211 e. The number of rotatable bonds is 3. The van der Waals surface area contributed by atoms with Gasteiger partial charge < -0.3 is 8.98 Å². The van der Waals surface area contributed by atoms with E-state index in [1.807, 2.05) is 36.4 Å². The van der Waals surface area contributed by atoms with E-state index in [0.717, 1.165) is 47.2 Å². The molecule has 1 aliphatic heterocycles. The normalized spacial score (nSPS) is 14.6. The first-order chi connectivity index (χ1) is 13.2. The van der Waals surface area contributed by atoms with Gasteiger partial charge in [0.25, 0.3) is 0 Å². The van der Waals surface area contributed by atoms with Crippen molar-refractivity contribution < 1.29 is 4.42 Å². The molecule has 0 saturated heterocycles. The quantitative estimate of drug-likeness (QED) is 0.541. The second kappa shape index (κ2) is 6.48. The van der Waals surface area contributed by atoms with Gasteiger partial charge in [-0.25, -0.2) is 9.97 Å². The number of nitrogens with zero attached hydrogens (tertiary/aromatic N) is 5. The van der Waals surface area contributed by atoms with Gasteiger partial charge in [0.05, 0.1) is 23.0 Å². The van der Waals surface area contributed by atoms with Crippen molar-refractivity contribution in [2.24, 2.45) is 7.05 Å². The number of hydrogen-bond donors (Lipinski definition) is 0. The average molecular weight is 380 g/mol. The molecule has 0 spiro atoms. The Morgan fingerprint density at radius 2 is 2.04 bits per heavy atom.